The first-order valence-corrected chi connectivity index (χ1v) is 7.11. The Hall–Kier alpha value is 0.110. The summed E-state index contributed by atoms with van der Waals surface area (Å²) < 4.78 is 1.08. The number of hydrogen-bond donors (Lipinski definition) is 0. The second kappa shape index (κ2) is 4.96. The maximum atomic E-state index is 4.21. The van der Waals surface area contributed by atoms with E-state index >= 15 is 0 Å². The van der Waals surface area contributed by atoms with E-state index in [-0.39, 0.29) is 0 Å². The molecular formula is C12H15Br2N. The lowest BCUT2D eigenvalue weighted by atomic mass is 9.92. The highest BCUT2D eigenvalue weighted by Crippen LogP contribution is 2.38. The van der Waals surface area contributed by atoms with Crippen LogP contribution in [0.25, 0.3) is 0 Å². The minimum Gasteiger partial charge on any atom is -0.263 e. The van der Waals surface area contributed by atoms with Crippen LogP contribution in [0.3, 0.4) is 0 Å². The zero-order chi connectivity index (χ0) is 10.8. The first-order chi connectivity index (χ1) is 7.16. The molecule has 0 saturated heterocycles. The van der Waals surface area contributed by atoms with Gasteiger partial charge in [-0.15, -0.1) is 0 Å². The number of nitrogens with zero attached hydrogens (tertiary/aromatic N) is 1. The molecule has 1 saturated carbocycles. The molecule has 3 atom stereocenters. The molecule has 2 rings (SSSR count). The summed E-state index contributed by atoms with van der Waals surface area (Å²) in [4.78, 5) is 4.92. The standard InChI is InChI=1S/C12H15Br2N/c1-8-10(2-3-12(8)14)4-9-5-11(13)7-15-6-9/h5-8,10,12H,2-4H2,1H3. The Bertz CT molecular complexity index is 340. The smallest absolute Gasteiger partial charge is 0.0410 e. The van der Waals surface area contributed by atoms with E-state index in [1.54, 1.807) is 0 Å². The van der Waals surface area contributed by atoms with Crippen molar-refractivity contribution >= 4 is 31.9 Å². The SMILES string of the molecule is CC1C(Br)CCC1Cc1cncc(Br)c1. The summed E-state index contributed by atoms with van der Waals surface area (Å²) in [5.74, 6) is 1.59. The Morgan fingerprint density at radius 1 is 1.40 bits per heavy atom. The Labute approximate surface area is 108 Å². The van der Waals surface area contributed by atoms with Gasteiger partial charge in [0.15, 0.2) is 0 Å². The van der Waals surface area contributed by atoms with Crippen molar-refractivity contribution in [3.63, 3.8) is 0 Å². The van der Waals surface area contributed by atoms with Crippen molar-refractivity contribution in [2.24, 2.45) is 11.8 Å². The molecule has 0 amide bonds. The van der Waals surface area contributed by atoms with Crippen LogP contribution in [-0.2, 0) is 6.42 Å². The lowest BCUT2D eigenvalue weighted by molar-refractivity contribution is 0.423. The highest BCUT2D eigenvalue weighted by molar-refractivity contribution is 9.10. The van der Waals surface area contributed by atoms with E-state index in [9.17, 15) is 0 Å². The summed E-state index contributed by atoms with van der Waals surface area (Å²) in [7, 11) is 0. The molecule has 82 valence electrons. The highest BCUT2D eigenvalue weighted by Gasteiger charge is 2.30. The maximum absolute atomic E-state index is 4.21. The van der Waals surface area contributed by atoms with Crippen molar-refractivity contribution < 1.29 is 0 Å². The van der Waals surface area contributed by atoms with Crippen molar-refractivity contribution in [2.45, 2.75) is 31.0 Å². The van der Waals surface area contributed by atoms with E-state index < -0.39 is 0 Å². The fraction of sp³-hybridized carbons (Fsp3) is 0.583. The molecule has 1 aliphatic rings. The van der Waals surface area contributed by atoms with Crippen LogP contribution in [0.2, 0.25) is 0 Å². The highest BCUT2D eigenvalue weighted by atomic mass is 79.9. The zero-order valence-electron chi connectivity index (χ0n) is 8.79. The predicted molar refractivity (Wildman–Crippen MR) is 70.2 cm³/mol. The van der Waals surface area contributed by atoms with Gasteiger partial charge in [-0.1, -0.05) is 22.9 Å². The van der Waals surface area contributed by atoms with Gasteiger partial charge < -0.3 is 0 Å². The topological polar surface area (TPSA) is 12.9 Å². The van der Waals surface area contributed by atoms with Gasteiger partial charge in [-0.2, -0.15) is 0 Å². The van der Waals surface area contributed by atoms with E-state index in [2.05, 4.69) is 49.8 Å². The van der Waals surface area contributed by atoms with Gasteiger partial charge in [0.25, 0.3) is 0 Å². The third-order valence-corrected chi connectivity index (χ3v) is 5.11. The predicted octanol–water partition coefficient (Wildman–Crippen LogP) is 4.20. The number of pyridine rings is 1. The lowest BCUT2D eigenvalue weighted by Gasteiger charge is -2.17. The van der Waals surface area contributed by atoms with Crippen molar-refractivity contribution in [1.82, 2.24) is 4.98 Å². The molecule has 0 radical (unpaired) electrons. The third kappa shape index (κ3) is 2.82. The molecule has 1 heterocycles. The molecule has 0 aromatic carbocycles. The second-order valence-electron chi connectivity index (χ2n) is 4.43. The van der Waals surface area contributed by atoms with Crippen LogP contribution >= 0.6 is 31.9 Å². The largest absolute Gasteiger partial charge is 0.263 e. The van der Waals surface area contributed by atoms with E-state index in [4.69, 9.17) is 0 Å². The molecule has 3 unspecified atom stereocenters. The Kier molecular flexibility index (Phi) is 3.83. The normalized spacial score (nSPS) is 30.7. The zero-order valence-corrected chi connectivity index (χ0v) is 12.0. The van der Waals surface area contributed by atoms with Crippen molar-refractivity contribution in [2.75, 3.05) is 0 Å². The van der Waals surface area contributed by atoms with Crippen LogP contribution in [0.4, 0.5) is 0 Å². The average Bonchev–Trinajstić information content (AvgIpc) is 2.50. The monoisotopic (exact) mass is 331 g/mol. The van der Waals surface area contributed by atoms with Crippen molar-refractivity contribution in [1.29, 1.82) is 0 Å². The van der Waals surface area contributed by atoms with Crippen LogP contribution in [0.5, 0.6) is 0 Å². The minimum atomic E-state index is 0.711. The van der Waals surface area contributed by atoms with Gasteiger partial charge in [0.05, 0.1) is 0 Å². The summed E-state index contributed by atoms with van der Waals surface area (Å²) in [5.41, 5.74) is 1.35. The van der Waals surface area contributed by atoms with Gasteiger partial charge in [0.2, 0.25) is 0 Å². The molecule has 0 bridgehead atoms. The molecule has 0 spiro atoms. The van der Waals surface area contributed by atoms with Gasteiger partial charge in [-0.05, 0) is 58.7 Å². The van der Waals surface area contributed by atoms with Gasteiger partial charge >= 0.3 is 0 Å². The van der Waals surface area contributed by atoms with Crippen molar-refractivity contribution in [3.05, 3.63) is 28.5 Å². The summed E-state index contributed by atoms with van der Waals surface area (Å²) in [6.07, 6.45) is 7.64. The van der Waals surface area contributed by atoms with Gasteiger partial charge in [-0.25, -0.2) is 0 Å². The second-order valence-corrected chi connectivity index (χ2v) is 6.52. The molecule has 1 fully saturated rings. The van der Waals surface area contributed by atoms with Crippen LogP contribution < -0.4 is 0 Å². The van der Waals surface area contributed by atoms with Crippen LogP contribution in [0, 0.1) is 11.8 Å². The van der Waals surface area contributed by atoms with E-state index in [1.807, 2.05) is 12.4 Å². The number of hydrogen-bond acceptors (Lipinski definition) is 1. The van der Waals surface area contributed by atoms with E-state index in [1.165, 1.54) is 18.4 Å². The summed E-state index contributed by atoms with van der Waals surface area (Å²) in [5, 5.41) is 0. The number of rotatable bonds is 2. The number of halogens is 2. The van der Waals surface area contributed by atoms with Crippen LogP contribution in [0.1, 0.15) is 25.3 Å². The van der Waals surface area contributed by atoms with Crippen LogP contribution in [-0.4, -0.2) is 9.81 Å². The van der Waals surface area contributed by atoms with E-state index in [0.717, 1.165) is 22.7 Å². The molecular weight excluding hydrogens is 318 g/mol. The molecule has 1 nitrogen and oxygen atoms in total. The Morgan fingerprint density at radius 2 is 2.20 bits per heavy atom. The fourth-order valence-corrected chi connectivity index (χ4v) is 3.46. The molecule has 0 aliphatic heterocycles. The first kappa shape index (κ1) is 11.6. The van der Waals surface area contributed by atoms with Crippen LogP contribution in [0.15, 0.2) is 22.9 Å². The molecule has 1 aromatic rings. The summed E-state index contributed by atoms with van der Waals surface area (Å²) in [6.45, 7) is 2.35. The molecule has 15 heavy (non-hydrogen) atoms. The van der Waals surface area contributed by atoms with Gasteiger partial charge in [-0.3, -0.25) is 4.98 Å². The fourth-order valence-electron chi connectivity index (χ4n) is 2.35. The summed E-state index contributed by atoms with van der Waals surface area (Å²) >= 11 is 7.21. The number of alkyl halides is 1. The van der Waals surface area contributed by atoms with Gasteiger partial charge in [0.1, 0.15) is 0 Å². The quantitative estimate of drug-likeness (QED) is 0.740. The average molecular weight is 333 g/mol. The van der Waals surface area contributed by atoms with Crippen molar-refractivity contribution in [3.8, 4) is 0 Å². The maximum Gasteiger partial charge on any atom is 0.0410 e. The Balaban J connectivity index is 2.03. The number of aromatic nitrogens is 1. The third-order valence-electron chi connectivity index (χ3n) is 3.39. The van der Waals surface area contributed by atoms with Gasteiger partial charge in [0, 0.05) is 21.7 Å². The Morgan fingerprint density at radius 3 is 2.80 bits per heavy atom. The molecule has 0 N–H and O–H groups in total. The molecule has 3 heteroatoms. The first-order valence-electron chi connectivity index (χ1n) is 5.40. The molecule has 1 aliphatic carbocycles. The summed E-state index contributed by atoms with van der Waals surface area (Å²) in [6, 6.07) is 2.18. The lowest BCUT2D eigenvalue weighted by Crippen LogP contribution is -2.13. The van der Waals surface area contributed by atoms with E-state index in [0.29, 0.717) is 4.83 Å². The molecule has 1 aromatic heterocycles. The minimum absolute atomic E-state index is 0.711.